The van der Waals surface area contributed by atoms with Crippen LogP contribution in [-0.2, 0) is 17.8 Å². The summed E-state index contributed by atoms with van der Waals surface area (Å²) in [5.74, 6) is -0.296. The van der Waals surface area contributed by atoms with Crippen LogP contribution in [-0.4, -0.2) is 5.91 Å². The van der Waals surface area contributed by atoms with Crippen LogP contribution in [0.5, 0.6) is 0 Å². The highest BCUT2D eigenvalue weighted by Gasteiger charge is 2.05. The maximum Gasteiger partial charge on any atom is 0.224 e. The van der Waals surface area contributed by atoms with Crippen molar-refractivity contribution in [1.29, 1.82) is 0 Å². The second-order valence-electron chi connectivity index (χ2n) is 5.46. The van der Waals surface area contributed by atoms with E-state index < -0.39 is 0 Å². The molecular formula is C18H20FNO. The van der Waals surface area contributed by atoms with Crippen LogP contribution in [0.15, 0.2) is 36.4 Å². The quantitative estimate of drug-likeness (QED) is 0.913. The van der Waals surface area contributed by atoms with E-state index in [1.807, 2.05) is 38.1 Å². The molecule has 0 bridgehead atoms. The van der Waals surface area contributed by atoms with E-state index in [4.69, 9.17) is 0 Å². The highest BCUT2D eigenvalue weighted by Crippen LogP contribution is 2.11. The van der Waals surface area contributed by atoms with Crippen LogP contribution in [0.1, 0.15) is 27.8 Å². The first-order valence-corrected chi connectivity index (χ1v) is 7.03. The minimum Gasteiger partial charge on any atom is -0.352 e. The molecule has 0 spiro atoms. The average molecular weight is 285 g/mol. The molecule has 21 heavy (non-hydrogen) atoms. The Balaban J connectivity index is 1.92. The second kappa shape index (κ2) is 6.53. The molecule has 2 rings (SSSR count). The highest BCUT2D eigenvalue weighted by molar-refractivity contribution is 5.78. The van der Waals surface area contributed by atoms with Gasteiger partial charge >= 0.3 is 0 Å². The zero-order valence-electron chi connectivity index (χ0n) is 12.7. The van der Waals surface area contributed by atoms with Crippen LogP contribution in [0.3, 0.4) is 0 Å². The van der Waals surface area contributed by atoms with Gasteiger partial charge in [-0.25, -0.2) is 4.39 Å². The number of carbonyl (C=O) groups is 1. The summed E-state index contributed by atoms with van der Waals surface area (Å²) in [6, 6.07) is 11.0. The molecule has 0 atom stereocenters. The Labute approximate surface area is 125 Å². The highest BCUT2D eigenvalue weighted by atomic mass is 19.1. The third-order valence-corrected chi connectivity index (χ3v) is 3.66. The number of amides is 1. The third-order valence-electron chi connectivity index (χ3n) is 3.66. The molecule has 0 aliphatic rings. The normalized spacial score (nSPS) is 10.5. The van der Waals surface area contributed by atoms with Gasteiger partial charge in [-0.05, 0) is 54.7 Å². The molecule has 0 aliphatic carbocycles. The zero-order chi connectivity index (χ0) is 15.4. The van der Waals surface area contributed by atoms with E-state index >= 15 is 0 Å². The van der Waals surface area contributed by atoms with Crippen LogP contribution in [0.4, 0.5) is 4.39 Å². The molecule has 0 aromatic heterocycles. The van der Waals surface area contributed by atoms with E-state index in [1.165, 1.54) is 17.2 Å². The lowest BCUT2D eigenvalue weighted by Crippen LogP contribution is -2.24. The monoisotopic (exact) mass is 285 g/mol. The van der Waals surface area contributed by atoms with Crippen molar-refractivity contribution in [2.24, 2.45) is 0 Å². The fourth-order valence-electron chi connectivity index (χ4n) is 2.11. The Morgan fingerprint density at radius 3 is 2.29 bits per heavy atom. The molecule has 1 N–H and O–H groups in total. The van der Waals surface area contributed by atoms with Crippen LogP contribution in [0, 0.1) is 26.6 Å². The Bertz CT molecular complexity index is 664. The van der Waals surface area contributed by atoms with E-state index in [0.717, 1.165) is 11.1 Å². The van der Waals surface area contributed by atoms with Gasteiger partial charge in [-0.2, -0.15) is 0 Å². The largest absolute Gasteiger partial charge is 0.352 e. The molecule has 110 valence electrons. The number of hydrogen-bond acceptors (Lipinski definition) is 1. The molecule has 0 aliphatic heterocycles. The zero-order valence-corrected chi connectivity index (χ0v) is 12.7. The van der Waals surface area contributed by atoms with Crippen molar-refractivity contribution in [3.63, 3.8) is 0 Å². The number of benzene rings is 2. The molecule has 2 aromatic carbocycles. The topological polar surface area (TPSA) is 29.1 Å². The third kappa shape index (κ3) is 4.15. The molecule has 0 unspecified atom stereocenters. The average Bonchev–Trinajstić information content (AvgIpc) is 2.44. The van der Waals surface area contributed by atoms with Crippen LogP contribution < -0.4 is 5.32 Å². The molecule has 3 heteroatoms. The summed E-state index contributed by atoms with van der Waals surface area (Å²) in [4.78, 5) is 11.9. The first kappa shape index (κ1) is 15.2. The Kier molecular flexibility index (Phi) is 4.73. The first-order chi connectivity index (χ1) is 9.95. The molecular weight excluding hydrogens is 265 g/mol. The first-order valence-electron chi connectivity index (χ1n) is 7.03. The second-order valence-corrected chi connectivity index (χ2v) is 5.46. The lowest BCUT2D eigenvalue weighted by molar-refractivity contribution is -0.120. The van der Waals surface area contributed by atoms with Gasteiger partial charge in [0.2, 0.25) is 5.91 Å². The summed E-state index contributed by atoms with van der Waals surface area (Å²) in [6.45, 7) is 6.15. The number of carbonyl (C=O) groups excluding carboxylic acids is 1. The number of aryl methyl sites for hydroxylation is 3. The Hall–Kier alpha value is -2.16. The van der Waals surface area contributed by atoms with Gasteiger partial charge in [-0.15, -0.1) is 0 Å². The van der Waals surface area contributed by atoms with E-state index in [9.17, 15) is 9.18 Å². The van der Waals surface area contributed by atoms with Gasteiger partial charge in [0.15, 0.2) is 0 Å². The van der Waals surface area contributed by atoms with Crippen LogP contribution >= 0.6 is 0 Å². The van der Waals surface area contributed by atoms with Crippen molar-refractivity contribution in [3.05, 3.63) is 70.0 Å². The lowest BCUT2D eigenvalue weighted by Gasteiger charge is -2.08. The fraction of sp³-hybridized carbons (Fsp3) is 0.278. The molecule has 1 amide bonds. The molecule has 0 heterocycles. The predicted octanol–water partition coefficient (Wildman–Crippen LogP) is 3.61. The number of nitrogens with one attached hydrogen (secondary N) is 1. The van der Waals surface area contributed by atoms with Crippen LogP contribution in [0.25, 0.3) is 0 Å². The molecule has 0 radical (unpaired) electrons. The summed E-state index contributed by atoms with van der Waals surface area (Å²) in [5.41, 5.74) is 4.77. The van der Waals surface area contributed by atoms with E-state index in [0.29, 0.717) is 18.5 Å². The standard InChI is InChI=1S/C18H20FNO/c1-12-4-6-15(8-14(12)3)10-18(21)20-11-16-7-5-13(2)17(19)9-16/h4-9H,10-11H2,1-3H3,(H,20,21). The van der Waals surface area contributed by atoms with Crippen LogP contribution in [0.2, 0.25) is 0 Å². The van der Waals surface area contributed by atoms with Crippen molar-refractivity contribution < 1.29 is 9.18 Å². The van der Waals surface area contributed by atoms with Crippen molar-refractivity contribution in [3.8, 4) is 0 Å². The summed E-state index contributed by atoms with van der Waals surface area (Å²) in [7, 11) is 0. The Morgan fingerprint density at radius 2 is 1.62 bits per heavy atom. The maximum absolute atomic E-state index is 13.4. The molecule has 0 saturated heterocycles. The fourth-order valence-corrected chi connectivity index (χ4v) is 2.11. The van der Waals surface area contributed by atoms with Gasteiger partial charge in [0.05, 0.1) is 6.42 Å². The van der Waals surface area contributed by atoms with Gasteiger partial charge in [-0.1, -0.05) is 30.3 Å². The summed E-state index contributed by atoms with van der Waals surface area (Å²) < 4.78 is 13.4. The Morgan fingerprint density at radius 1 is 0.952 bits per heavy atom. The summed E-state index contributed by atoms with van der Waals surface area (Å²) in [6.07, 6.45) is 0.343. The SMILES string of the molecule is Cc1ccc(CC(=O)NCc2ccc(C)c(F)c2)cc1C. The van der Waals surface area contributed by atoms with Gasteiger partial charge in [0, 0.05) is 6.54 Å². The van der Waals surface area contributed by atoms with Crippen molar-refractivity contribution in [2.45, 2.75) is 33.7 Å². The van der Waals surface area contributed by atoms with Gasteiger partial charge in [-0.3, -0.25) is 4.79 Å². The molecule has 0 fully saturated rings. The van der Waals surface area contributed by atoms with Gasteiger partial charge in [0.25, 0.3) is 0 Å². The smallest absolute Gasteiger partial charge is 0.224 e. The van der Waals surface area contributed by atoms with Crippen molar-refractivity contribution in [1.82, 2.24) is 5.32 Å². The molecule has 2 aromatic rings. The minimum absolute atomic E-state index is 0.0563. The molecule has 2 nitrogen and oxygen atoms in total. The van der Waals surface area contributed by atoms with E-state index in [1.54, 1.807) is 13.0 Å². The predicted molar refractivity (Wildman–Crippen MR) is 82.6 cm³/mol. The summed E-state index contributed by atoms with van der Waals surface area (Å²) >= 11 is 0. The minimum atomic E-state index is -0.240. The maximum atomic E-state index is 13.4. The number of rotatable bonds is 4. The van der Waals surface area contributed by atoms with Crippen molar-refractivity contribution >= 4 is 5.91 Å². The lowest BCUT2D eigenvalue weighted by atomic mass is 10.0. The van der Waals surface area contributed by atoms with Crippen molar-refractivity contribution in [2.75, 3.05) is 0 Å². The van der Waals surface area contributed by atoms with Gasteiger partial charge in [0.1, 0.15) is 5.82 Å². The van der Waals surface area contributed by atoms with E-state index in [-0.39, 0.29) is 11.7 Å². The summed E-state index contributed by atoms with van der Waals surface area (Å²) in [5, 5.41) is 2.82. The van der Waals surface area contributed by atoms with E-state index in [2.05, 4.69) is 5.32 Å². The van der Waals surface area contributed by atoms with Gasteiger partial charge < -0.3 is 5.32 Å². The number of halogens is 1. The number of hydrogen-bond donors (Lipinski definition) is 1. The molecule has 0 saturated carbocycles.